The normalized spacial score (nSPS) is 11.3. The van der Waals surface area contributed by atoms with Crippen molar-refractivity contribution in [2.75, 3.05) is 5.73 Å². The van der Waals surface area contributed by atoms with Gasteiger partial charge in [0.15, 0.2) is 0 Å². The van der Waals surface area contributed by atoms with Gasteiger partial charge in [-0.25, -0.2) is 4.98 Å². The molecule has 2 aromatic carbocycles. The SMILES string of the molecule is Nc1cc2c(-c3cc(C(=O)NCc4ccc(-c5cn[nH]n5)cc4)c4[nH]ncc4c3)c[nH]c2cn1. The number of hydrogen-bond donors (Lipinski definition) is 5. The molecule has 0 aliphatic rings. The van der Waals surface area contributed by atoms with Gasteiger partial charge >= 0.3 is 0 Å². The minimum absolute atomic E-state index is 0.197. The van der Waals surface area contributed by atoms with E-state index in [1.807, 2.05) is 48.7 Å². The number of pyridine rings is 1. The molecule has 0 saturated carbocycles. The Morgan fingerprint density at radius 2 is 1.88 bits per heavy atom. The van der Waals surface area contributed by atoms with Crippen molar-refractivity contribution in [1.29, 1.82) is 0 Å². The predicted octanol–water partition coefficient (Wildman–Crippen LogP) is 3.40. The maximum Gasteiger partial charge on any atom is 0.253 e. The van der Waals surface area contributed by atoms with E-state index < -0.39 is 0 Å². The van der Waals surface area contributed by atoms with E-state index in [0.29, 0.717) is 23.4 Å². The fourth-order valence-corrected chi connectivity index (χ4v) is 4.08. The zero-order chi connectivity index (χ0) is 23.1. The number of nitrogens with one attached hydrogen (secondary N) is 4. The van der Waals surface area contributed by atoms with Crippen molar-refractivity contribution in [3.63, 3.8) is 0 Å². The maximum atomic E-state index is 13.2. The summed E-state index contributed by atoms with van der Waals surface area (Å²) >= 11 is 0. The number of aromatic nitrogens is 7. The lowest BCUT2D eigenvalue weighted by molar-refractivity contribution is 0.0952. The third-order valence-corrected chi connectivity index (χ3v) is 5.81. The number of H-pyrrole nitrogens is 3. The molecule has 6 N–H and O–H groups in total. The van der Waals surface area contributed by atoms with Gasteiger partial charge in [0.05, 0.1) is 35.2 Å². The molecule has 10 nitrogen and oxygen atoms in total. The van der Waals surface area contributed by atoms with Crippen molar-refractivity contribution in [2.24, 2.45) is 0 Å². The van der Waals surface area contributed by atoms with Gasteiger partial charge in [0, 0.05) is 34.6 Å². The lowest BCUT2D eigenvalue weighted by Crippen LogP contribution is -2.23. The summed E-state index contributed by atoms with van der Waals surface area (Å²) in [6.45, 7) is 0.382. The fraction of sp³-hybridized carbons (Fsp3) is 0.0417. The van der Waals surface area contributed by atoms with Crippen molar-refractivity contribution in [1.82, 2.24) is 40.9 Å². The van der Waals surface area contributed by atoms with Gasteiger partial charge in [0.2, 0.25) is 0 Å². The lowest BCUT2D eigenvalue weighted by Gasteiger charge is -2.09. The number of aromatic amines is 3. The van der Waals surface area contributed by atoms with Crippen LogP contribution >= 0.6 is 0 Å². The van der Waals surface area contributed by atoms with Gasteiger partial charge in [-0.05, 0) is 29.3 Å². The van der Waals surface area contributed by atoms with E-state index in [4.69, 9.17) is 5.73 Å². The van der Waals surface area contributed by atoms with Crippen LogP contribution in [0.25, 0.3) is 44.2 Å². The number of fused-ring (bicyclic) bond motifs is 2. The molecule has 6 rings (SSSR count). The molecule has 10 heteroatoms. The molecule has 166 valence electrons. The van der Waals surface area contributed by atoms with Gasteiger partial charge < -0.3 is 16.0 Å². The third kappa shape index (κ3) is 3.43. The van der Waals surface area contributed by atoms with Gasteiger partial charge in [0.25, 0.3) is 5.91 Å². The molecule has 0 spiro atoms. The molecular weight excluding hydrogens is 430 g/mol. The number of anilines is 1. The van der Waals surface area contributed by atoms with Gasteiger partial charge in [0.1, 0.15) is 11.5 Å². The summed E-state index contributed by atoms with van der Waals surface area (Å²) in [6.07, 6.45) is 6.97. The molecule has 4 aromatic heterocycles. The number of amides is 1. The molecule has 0 atom stereocenters. The molecule has 0 aliphatic heterocycles. The van der Waals surface area contributed by atoms with Crippen LogP contribution < -0.4 is 11.1 Å². The van der Waals surface area contributed by atoms with Crippen molar-refractivity contribution < 1.29 is 4.79 Å². The highest BCUT2D eigenvalue weighted by Gasteiger charge is 2.16. The highest BCUT2D eigenvalue weighted by Crippen LogP contribution is 2.32. The zero-order valence-corrected chi connectivity index (χ0v) is 17.8. The second kappa shape index (κ2) is 7.85. The Labute approximate surface area is 192 Å². The molecule has 0 fully saturated rings. The monoisotopic (exact) mass is 449 g/mol. The molecule has 0 radical (unpaired) electrons. The van der Waals surface area contributed by atoms with Crippen molar-refractivity contribution in [3.8, 4) is 22.4 Å². The number of hydrogen-bond acceptors (Lipinski definition) is 6. The largest absolute Gasteiger partial charge is 0.384 e. The van der Waals surface area contributed by atoms with Gasteiger partial charge in [-0.3, -0.25) is 9.89 Å². The van der Waals surface area contributed by atoms with Crippen LogP contribution in [0.5, 0.6) is 0 Å². The summed E-state index contributed by atoms with van der Waals surface area (Å²) in [5, 5.41) is 22.4. The second-order valence-electron chi connectivity index (χ2n) is 7.95. The van der Waals surface area contributed by atoms with Crippen molar-refractivity contribution in [3.05, 3.63) is 78.4 Å². The smallest absolute Gasteiger partial charge is 0.253 e. The van der Waals surface area contributed by atoms with Crippen LogP contribution in [-0.2, 0) is 6.54 Å². The van der Waals surface area contributed by atoms with E-state index in [9.17, 15) is 4.79 Å². The average molecular weight is 449 g/mol. The molecule has 1 amide bonds. The zero-order valence-electron chi connectivity index (χ0n) is 17.8. The van der Waals surface area contributed by atoms with Gasteiger partial charge in [-0.2, -0.15) is 20.5 Å². The van der Waals surface area contributed by atoms with Crippen molar-refractivity contribution in [2.45, 2.75) is 6.54 Å². The van der Waals surface area contributed by atoms with E-state index in [1.165, 1.54) is 0 Å². The quantitative estimate of drug-likeness (QED) is 0.272. The molecule has 0 bridgehead atoms. The Bertz CT molecular complexity index is 1630. The number of benzene rings is 2. The van der Waals surface area contributed by atoms with Crippen LogP contribution in [0.3, 0.4) is 0 Å². The van der Waals surface area contributed by atoms with Crippen LogP contribution in [0.15, 0.2) is 67.3 Å². The molecule has 0 aliphatic carbocycles. The molecule has 0 unspecified atom stereocenters. The first kappa shape index (κ1) is 19.7. The van der Waals surface area contributed by atoms with E-state index in [-0.39, 0.29) is 5.91 Å². The Morgan fingerprint density at radius 1 is 1.00 bits per heavy atom. The molecule has 6 aromatic rings. The summed E-state index contributed by atoms with van der Waals surface area (Å²) < 4.78 is 0. The number of carbonyl (C=O) groups excluding carboxylic acids is 1. The Morgan fingerprint density at radius 3 is 2.71 bits per heavy atom. The summed E-state index contributed by atoms with van der Waals surface area (Å²) in [4.78, 5) is 20.6. The number of nitrogens with zero attached hydrogens (tertiary/aromatic N) is 4. The number of nitrogens with two attached hydrogens (primary N) is 1. The first-order valence-corrected chi connectivity index (χ1v) is 10.6. The number of carbonyl (C=O) groups is 1. The van der Waals surface area contributed by atoms with E-state index >= 15 is 0 Å². The minimum Gasteiger partial charge on any atom is -0.384 e. The third-order valence-electron chi connectivity index (χ3n) is 5.81. The van der Waals surface area contributed by atoms with Crippen LogP contribution in [0.1, 0.15) is 15.9 Å². The van der Waals surface area contributed by atoms with Crippen molar-refractivity contribution >= 4 is 33.5 Å². The summed E-state index contributed by atoms with van der Waals surface area (Å²) in [5.74, 6) is 0.239. The Balaban J connectivity index is 1.29. The van der Waals surface area contributed by atoms with Crippen LogP contribution in [-0.4, -0.2) is 41.5 Å². The molecule has 4 heterocycles. The highest BCUT2D eigenvalue weighted by atomic mass is 16.1. The maximum absolute atomic E-state index is 13.2. The predicted molar refractivity (Wildman–Crippen MR) is 129 cm³/mol. The summed E-state index contributed by atoms with van der Waals surface area (Å²) in [7, 11) is 0. The minimum atomic E-state index is -0.197. The van der Waals surface area contributed by atoms with E-state index in [0.717, 1.165) is 44.2 Å². The van der Waals surface area contributed by atoms with Crippen LogP contribution in [0.2, 0.25) is 0 Å². The highest BCUT2D eigenvalue weighted by molar-refractivity contribution is 6.08. The Hall–Kier alpha value is -4.99. The second-order valence-corrected chi connectivity index (χ2v) is 7.95. The standard InChI is InChI=1S/C24H19N9O/c25-22-7-17-19(10-26-21(17)11-27-22)15-5-16-9-29-32-23(16)18(6-15)24(34)28-8-13-1-3-14(4-2-13)20-12-30-33-31-20/h1-7,9-12,26H,8H2,(H2,25,27)(H,28,34)(H,29,32)(H,30,31,33). The average Bonchev–Trinajstić information content (AvgIpc) is 3.62. The summed E-state index contributed by atoms with van der Waals surface area (Å²) in [6, 6.07) is 13.5. The van der Waals surface area contributed by atoms with Crippen LogP contribution in [0, 0.1) is 0 Å². The van der Waals surface area contributed by atoms with E-state index in [1.54, 1.807) is 18.6 Å². The summed E-state index contributed by atoms with van der Waals surface area (Å²) in [5.41, 5.74) is 12.5. The Kier molecular flexibility index (Phi) is 4.54. The lowest BCUT2D eigenvalue weighted by atomic mass is 9.99. The van der Waals surface area contributed by atoms with Crippen LogP contribution in [0.4, 0.5) is 5.82 Å². The topological polar surface area (TPSA) is 154 Å². The first-order chi connectivity index (χ1) is 16.7. The number of rotatable bonds is 5. The number of nitrogen functional groups attached to an aromatic ring is 1. The molecule has 34 heavy (non-hydrogen) atoms. The van der Waals surface area contributed by atoms with E-state index in [2.05, 4.69) is 40.9 Å². The van der Waals surface area contributed by atoms with Gasteiger partial charge in [-0.1, -0.05) is 24.3 Å². The molecule has 0 saturated heterocycles. The first-order valence-electron chi connectivity index (χ1n) is 10.6. The fourth-order valence-electron chi connectivity index (χ4n) is 4.08. The molecular formula is C24H19N9O. The van der Waals surface area contributed by atoms with Gasteiger partial charge in [-0.15, -0.1) is 0 Å².